The Hall–Kier alpha value is -3.06. The zero-order valence-corrected chi connectivity index (χ0v) is 15.5. The lowest BCUT2D eigenvalue weighted by Gasteiger charge is -2.04. The number of nitrogens with one attached hydrogen (secondary N) is 1. The van der Waals surface area contributed by atoms with Crippen LogP contribution >= 0.6 is 11.3 Å². The highest BCUT2D eigenvalue weighted by Crippen LogP contribution is 2.26. The lowest BCUT2D eigenvalue weighted by molar-refractivity contribution is 0.0958. The number of aromatic nitrogens is 2. The molecule has 0 saturated carbocycles. The van der Waals surface area contributed by atoms with Gasteiger partial charge < -0.3 is 5.11 Å². The van der Waals surface area contributed by atoms with Crippen LogP contribution in [-0.4, -0.2) is 27.2 Å². The van der Waals surface area contributed by atoms with E-state index in [0.717, 1.165) is 22.4 Å². The average molecular weight is 366 g/mol. The number of hydrogen-bond donors (Lipinski definition) is 2. The Morgan fingerprint density at radius 3 is 2.62 bits per heavy atom. The van der Waals surface area contributed by atoms with Gasteiger partial charge >= 0.3 is 0 Å². The maximum absolute atomic E-state index is 12.4. The standard InChI is InChI=1S/C19H18N4O2S/c1-11-8-14(9-12(2)16(11)24)10-21-23-18(25)17-13(3)22-19(26-17)15-6-4-5-7-20-15/h4-10,24H,1-3H3,(H,23,25)/b21-10+. The van der Waals surface area contributed by atoms with Crippen LogP contribution in [-0.2, 0) is 0 Å². The monoisotopic (exact) mass is 366 g/mol. The summed E-state index contributed by atoms with van der Waals surface area (Å²) in [5.41, 5.74) is 6.22. The van der Waals surface area contributed by atoms with E-state index in [-0.39, 0.29) is 11.7 Å². The van der Waals surface area contributed by atoms with E-state index in [1.54, 1.807) is 31.5 Å². The van der Waals surface area contributed by atoms with Gasteiger partial charge in [-0.25, -0.2) is 10.4 Å². The van der Waals surface area contributed by atoms with Gasteiger partial charge in [-0.05, 0) is 61.7 Å². The van der Waals surface area contributed by atoms with Crippen molar-refractivity contribution in [1.29, 1.82) is 0 Å². The zero-order valence-electron chi connectivity index (χ0n) is 14.6. The molecule has 2 heterocycles. The summed E-state index contributed by atoms with van der Waals surface area (Å²) in [6.45, 7) is 5.42. The first-order valence-corrected chi connectivity index (χ1v) is 8.80. The predicted molar refractivity (Wildman–Crippen MR) is 103 cm³/mol. The maximum atomic E-state index is 12.4. The summed E-state index contributed by atoms with van der Waals surface area (Å²) in [6.07, 6.45) is 3.24. The van der Waals surface area contributed by atoms with Gasteiger partial charge in [0.1, 0.15) is 15.6 Å². The van der Waals surface area contributed by atoms with Crippen molar-refractivity contribution in [3.8, 4) is 16.5 Å². The molecule has 1 aromatic carbocycles. The van der Waals surface area contributed by atoms with Crippen molar-refractivity contribution < 1.29 is 9.90 Å². The van der Waals surface area contributed by atoms with Crippen molar-refractivity contribution in [2.75, 3.05) is 0 Å². The number of hydrazone groups is 1. The Morgan fingerprint density at radius 1 is 1.23 bits per heavy atom. The van der Waals surface area contributed by atoms with Gasteiger partial charge in [0.05, 0.1) is 17.6 Å². The molecule has 2 aromatic heterocycles. The van der Waals surface area contributed by atoms with Crippen LogP contribution in [0, 0.1) is 20.8 Å². The van der Waals surface area contributed by atoms with Gasteiger partial charge in [0.2, 0.25) is 0 Å². The molecule has 26 heavy (non-hydrogen) atoms. The Labute approximate surface area is 155 Å². The van der Waals surface area contributed by atoms with Crippen molar-refractivity contribution >= 4 is 23.5 Å². The van der Waals surface area contributed by atoms with Gasteiger partial charge in [-0.1, -0.05) is 6.07 Å². The summed E-state index contributed by atoms with van der Waals surface area (Å²) < 4.78 is 0. The van der Waals surface area contributed by atoms with Gasteiger partial charge in [0.25, 0.3) is 5.91 Å². The Bertz CT molecular complexity index is 957. The van der Waals surface area contributed by atoms with Gasteiger partial charge in [0, 0.05) is 6.20 Å². The second kappa shape index (κ2) is 7.45. The number of carbonyl (C=O) groups is 1. The van der Waals surface area contributed by atoms with E-state index in [2.05, 4.69) is 20.5 Å². The average Bonchev–Trinajstić information content (AvgIpc) is 3.02. The van der Waals surface area contributed by atoms with Crippen molar-refractivity contribution in [1.82, 2.24) is 15.4 Å². The minimum atomic E-state index is -0.314. The normalized spacial score (nSPS) is 11.0. The summed E-state index contributed by atoms with van der Waals surface area (Å²) in [6, 6.07) is 9.17. The molecule has 3 aromatic rings. The lowest BCUT2D eigenvalue weighted by Crippen LogP contribution is -2.17. The summed E-state index contributed by atoms with van der Waals surface area (Å²) in [4.78, 5) is 21.5. The first-order valence-electron chi connectivity index (χ1n) is 7.98. The number of aromatic hydroxyl groups is 1. The number of thiazole rings is 1. The molecule has 0 aliphatic heterocycles. The second-order valence-electron chi connectivity index (χ2n) is 5.85. The number of pyridine rings is 1. The number of nitrogens with zero attached hydrogens (tertiary/aromatic N) is 3. The van der Waals surface area contributed by atoms with Gasteiger partial charge in [-0.2, -0.15) is 5.10 Å². The number of phenols is 1. The highest BCUT2D eigenvalue weighted by molar-refractivity contribution is 7.17. The molecule has 2 N–H and O–H groups in total. The molecule has 0 radical (unpaired) electrons. The van der Waals surface area contributed by atoms with E-state index in [4.69, 9.17) is 0 Å². The smallest absolute Gasteiger partial charge is 0.283 e. The van der Waals surface area contributed by atoms with Gasteiger partial charge in [-0.3, -0.25) is 9.78 Å². The van der Waals surface area contributed by atoms with Gasteiger partial charge in [0.15, 0.2) is 0 Å². The van der Waals surface area contributed by atoms with E-state index in [1.165, 1.54) is 11.3 Å². The van der Waals surface area contributed by atoms with E-state index < -0.39 is 0 Å². The van der Waals surface area contributed by atoms with Crippen LogP contribution in [0.15, 0.2) is 41.6 Å². The zero-order chi connectivity index (χ0) is 18.7. The number of phenolic OH excluding ortho intramolecular Hbond substituents is 1. The van der Waals surface area contributed by atoms with Crippen LogP contribution < -0.4 is 5.43 Å². The molecule has 0 bridgehead atoms. The third-order valence-corrected chi connectivity index (χ3v) is 4.96. The van der Waals surface area contributed by atoms with Crippen LogP contribution in [0.3, 0.4) is 0 Å². The summed E-state index contributed by atoms with van der Waals surface area (Å²) in [7, 11) is 0. The molecule has 0 saturated heterocycles. The van der Waals surface area contributed by atoms with Crippen molar-refractivity contribution in [2.24, 2.45) is 5.10 Å². The fourth-order valence-corrected chi connectivity index (χ4v) is 3.42. The van der Waals surface area contributed by atoms with Crippen LogP contribution in [0.4, 0.5) is 0 Å². The first kappa shape index (κ1) is 17.8. The lowest BCUT2D eigenvalue weighted by atomic mass is 10.1. The van der Waals surface area contributed by atoms with Crippen molar-refractivity contribution in [2.45, 2.75) is 20.8 Å². The molecule has 0 atom stereocenters. The number of rotatable bonds is 4. The number of hydrogen-bond acceptors (Lipinski definition) is 6. The van der Waals surface area contributed by atoms with Crippen molar-refractivity contribution in [3.05, 3.63) is 63.8 Å². The van der Waals surface area contributed by atoms with Crippen LogP contribution in [0.1, 0.15) is 32.1 Å². The molecular formula is C19H18N4O2S. The van der Waals surface area contributed by atoms with E-state index in [9.17, 15) is 9.90 Å². The quantitative estimate of drug-likeness (QED) is 0.545. The largest absolute Gasteiger partial charge is 0.507 e. The molecule has 0 unspecified atom stereocenters. The van der Waals surface area contributed by atoms with Crippen LogP contribution in [0.25, 0.3) is 10.7 Å². The number of carbonyl (C=O) groups excluding carboxylic acids is 1. The molecule has 0 aliphatic carbocycles. The molecule has 1 amide bonds. The predicted octanol–water partition coefficient (Wildman–Crippen LogP) is 3.60. The number of amides is 1. The number of benzene rings is 1. The third-order valence-electron chi connectivity index (χ3n) is 3.78. The maximum Gasteiger partial charge on any atom is 0.283 e. The first-order chi connectivity index (χ1) is 12.5. The molecule has 6 nitrogen and oxygen atoms in total. The topological polar surface area (TPSA) is 87.5 Å². The highest BCUT2D eigenvalue weighted by atomic mass is 32.1. The minimum absolute atomic E-state index is 0.272. The molecule has 0 spiro atoms. The van der Waals surface area contributed by atoms with Crippen molar-refractivity contribution in [3.63, 3.8) is 0 Å². The fourth-order valence-electron chi connectivity index (χ4n) is 2.49. The SMILES string of the molecule is Cc1cc(/C=N/NC(=O)c2sc(-c3ccccn3)nc2C)cc(C)c1O. The van der Waals surface area contributed by atoms with Crippen LogP contribution in [0.5, 0.6) is 5.75 Å². The van der Waals surface area contributed by atoms with Crippen LogP contribution in [0.2, 0.25) is 0 Å². The minimum Gasteiger partial charge on any atom is -0.507 e. The van der Waals surface area contributed by atoms with Gasteiger partial charge in [-0.15, -0.1) is 11.3 Å². The summed E-state index contributed by atoms with van der Waals surface area (Å²) in [5.74, 6) is -0.0424. The molecular weight excluding hydrogens is 348 g/mol. The Kier molecular flexibility index (Phi) is 5.09. The molecule has 0 fully saturated rings. The second-order valence-corrected chi connectivity index (χ2v) is 6.85. The highest BCUT2D eigenvalue weighted by Gasteiger charge is 2.16. The van der Waals surface area contributed by atoms with E-state index in [0.29, 0.717) is 15.6 Å². The third kappa shape index (κ3) is 3.78. The molecule has 3 rings (SSSR count). The van der Waals surface area contributed by atoms with E-state index >= 15 is 0 Å². The Balaban J connectivity index is 1.74. The number of aryl methyl sites for hydroxylation is 3. The molecule has 132 valence electrons. The molecule has 7 heteroatoms. The summed E-state index contributed by atoms with van der Waals surface area (Å²) in [5, 5.41) is 14.5. The Morgan fingerprint density at radius 2 is 1.96 bits per heavy atom. The molecule has 0 aliphatic rings. The fraction of sp³-hybridized carbons (Fsp3) is 0.158. The van der Waals surface area contributed by atoms with E-state index in [1.807, 2.05) is 32.0 Å². The summed E-state index contributed by atoms with van der Waals surface area (Å²) >= 11 is 1.28.